The van der Waals surface area contributed by atoms with Gasteiger partial charge in [-0.05, 0) is 48.4 Å². The Bertz CT molecular complexity index is 1150. The predicted molar refractivity (Wildman–Crippen MR) is 113 cm³/mol. The smallest absolute Gasteiger partial charge is 0.241 e. The van der Waals surface area contributed by atoms with Crippen LogP contribution in [0.5, 0.6) is 0 Å². The molecule has 6 heteroatoms. The van der Waals surface area contributed by atoms with E-state index in [1.54, 1.807) is 18.2 Å². The summed E-state index contributed by atoms with van der Waals surface area (Å²) in [5, 5.41) is 6.11. The van der Waals surface area contributed by atoms with Crippen molar-refractivity contribution < 1.29 is 4.79 Å². The number of carbonyl (C=O) groups is 1. The average Bonchev–Trinajstić information content (AvgIpc) is 3.02. The van der Waals surface area contributed by atoms with Gasteiger partial charge in [-0.15, -0.1) is 0 Å². The van der Waals surface area contributed by atoms with Gasteiger partial charge in [0, 0.05) is 37.5 Å². The van der Waals surface area contributed by atoms with Crippen molar-refractivity contribution in [3.8, 4) is 0 Å². The summed E-state index contributed by atoms with van der Waals surface area (Å²) in [7, 11) is 0. The highest BCUT2D eigenvalue weighted by atomic mass is 35.5. The molecule has 1 aromatic heterocycles. The first kappa shape index (κ1) is 17.9. The van der Waals surface area contributed by atoms with Gasteiger partial charge in [-0.3, -0.25) is 4.79 Å². The Labute approximate surface area is 166 Å². The summed E-state index contributed by atoms with van der Waals surface area (Å²) in [5.41, 5.74) is 9.65. The zero-order valence-electron chi connectivity index (χ0n) is 14.3. The Morgan fingerprint density at radius 3 is 2.59 bits per heavy atom. The summed E-state index contributed by atoms with van der Waals surface area (Å²) in [6.45, 7) is 0. The van der Waals surface area contributed by atoms with Gasteiger partial charge in [-0.2, -0.15) is 0 Å². The maximum atomic E-state index is 12.5. The molecule has 4 aromatic rings. The molecule has 0 radical (unpaired) electrons. The van der Waals surface area contributed by atoms with Crippen LogP contribution in [0.2, 0.25) is 10.0 Å². The van der Waals surface area contributed by atoms with Gasteiger partial charge in [0.15, 0.2) is 0 Å². The third-order valence-electron chi connectivity index (χ3n) is 4.57. The lowest BCUT2D eigenvalue weighted by Crippen LogP contribution is -2.37. The minimum Gasteiger partial charge on any atom is -0.355 e. The summed E-state index contributed by atoms with van der Waals surface area (Å²) in [5.74, 6) is -0.264. The van der Waals surface area contributed by atoms with E-state index >= 15 is 0 Å². The van der Waals surface area contributed by atoms with Gasteiger partial charge in [-0.25, -0.2) is 0 Å². The molecule has 0 saturated heterocycles. The quantitative estimate of drug-likeness (QED) is 0.446. The molecule has 1 amide bonds. The second-order valence-electron chi connectivity index (χ2n) is 6.47. The number of halogens is 2. The number of benzene rings is 3. The van der Waals surface area contributed by atoms with Crippen molar-refractivity contribution in [2.24, 2.45) is 5.73 Å². The van der Waals surface area contributed by atoms with Gasteiger partial charge in [0.2, 0.25) is 5.91 Å². The zero-order valence-corrected chi connectivity index (χ0v) is 15.8. The van der Waals surface area contributed by atoms with Crippen LogP contribution in [0.3, 0.4) is 0 Å². The number of anilines is 1. The third-order valence-corrected chi connectivity index (χ3v) is 5.15. The minimum absolute atomic E-state index is 0.264. The molecule has 0 aliphatic heterocycles. The van der Waals surface area contributed by atoms with E-state index in [2.05, 4.69) is 10.3 Å². The Hall–Kier alpha value is -2.53. The lowest BCUT2D eigenvalue weighted by atomic mass is 10.1. The van der Waals surface area contributed by atoms with Crippen LogP contribution in [0.25, 0.3) is 21.8 Å². The second-order valence-corrected chi connectivity index (χ2v) is 7.31. The second kappa shape index (κ2) is 7.24. The van der Waals surface area contributed by atoms with E-state index in [4.69, 9.17) is 28.9 Å². The summed E-state index contributed by atoms with van der Waals surface area (Å²) < 4.78 is 0. The summed E-state index contributed by atoms with van der Waals surface area (Å²) >= 11 is 12.1. The first-order valence-electron chi connectivity index (χ1n) is 8.52. The fourth-order valence-corrected chi connectivity index (χ4v) is 3.66. The lowest BCUT2D eigenvalue weighted by Gasteiger charge is -2.13. The molecule has 4 nitrogen and oxygen atoms in total. The van der Waals surface area contributed by atoms with E-state index in [9.17, 15) is 4.79 Å². The number of aromatic nitrogens is 1. The van der Waals surface area contributed by atoms with Crippen LogP contribution in [0.1, 0.15) is 5.56 Å². The number of nitrogens with one attached hydrogen (secondary N) is 2. The van der Waals surface area contributed by atoms with E-state index in [0.29, 0.717) is 22.2 Å². The summed E-state index contributed by atoms with van der Waals surface area (Å²) in [6, 6.07) is 18.3. The molecule has 0 unspecified atom stereocenters. The van der Waals surface area contributed by atoms with Crippen molar-refractivity contribution in [2.75, 3.05) is 5.32 Å². The standard InChI is InChI=1S/C21H17Cl2N3O/c22-13-6-5-12(17(23)10-13)9-18(24)21(27)25-14-7-8-20-16(11-14)15-3-1-2-4-19(15)26-20/h1-8,10-11,18,26H,9,24H2,(H,25,27)/t18-/m1/s1. The minimum atomic E-state index is -0.720. The number of rotatable bonds is 4. The third kappa shape index (κ3) is 3.65. The van der Waals surface area contributed by atoms with Crippen molar-refractivity contribution in [3.63, 3.8) is 0 Å². The molecule has 0 aliphatic carbocycles. The molecule has 0 fully saturated rings. The molecule has 27 heavy (non-hydrogen) atoms. The van der Waals surface area contributed by atoms with E-state index in [-0.39, 0.29) is 5.91 Å². The summed E-state index contributed by atoms with van der Waals surface area (Å²) in [6.07, 6.45) is 0.331. The monoisotopic (exact) mass is 397 g/mol. The van der Waals surface area contributed by atoms with Crippen LogP contribution in [-0.2, 0) is 11.2 Å². The number of H-pyrrole nitrogens is 1. The number of fused-ring (bicyclic) bond motifs is 3. The molecular weight excluding hydrogens is 381 g/mol. The van der Waals surface area contributed by atoms with E-state index in [1.165, 1.54) is 0 Å². The van der Waals surface area contributed by atoms with Crippen LogP contribution in [0, 0.1) is 0 Å². The van der Waals surface area contributed by atoms with Crippen molar-refractivity contribution >= 4 is 56.6 Å². The Morgan fingerprint density at radius 2 is 1.78 bits per heavy atom. The molecule has 1 atom stereocenters. The Balaban J connectivity index is 1.54. The molecule has 1 heterocycles. The largest absolute Gasteiger partial charge is 0.355 e. The van der Waals surface area contributed by atoms with Gasteiger partial charge < -0.3 is 16.0 Å². The molecule has 0 saturated carbocycles. The zero-order chi connectivity index (χ0) is 19.0. The number of aromatic amines is 1. The molecule has 4 rings (SSSR count). The predicted octanol–water partition coefficient (Wildman–Crippen LogP) is 5.14. The highest BCUT2D eigenvalue weighted by Gasteiger charge is 2.16. The molecule has 3 aromatic carbocycles. The molecule has 4 N–H and O–H groups in total. The highest BCUT2D eigenvalue weighted by molar-refractivity contribution is 6.35. The fourth-order valence-electron chi connectivity index (χ4n) is 3.18. The van der Waals surface area contributed by atoms with Crippen molar-refractivity contribution in [1.82, 2.24) is 4.98 Å². The number of hydrogen-bond donors (Lipinski definition) is 3. The van der Waals surface area contributed by atoms with Crippen molar-refractivity contribution in [2.45, 2.75) is 12.5 Å². The van der Waals surface area contributed by atoms with Gasteiger partial charge in [0.25, 0.3) is 0 Å². The van der Waals surface area contributed by atoms with Crippen LogP contribution in [0.4, 0.5) is 5.69 Å². The Morgan fingerprint density at radius 1 is 1.00 bits per heavy atom. The maximum Gasteiger partial charge on any atom is 0.241 e. The van der Waals surface area contributed by atoms with Crippen LogP contribution >= 0.6 is 23.2 Å². The molecule has 0 spiro atoms. The normalized spacial score (nSPS) is 12.4. The molecule has 0 aliphatic rings. The van der Waals surface area contributed by atoms with E-state index in [0.717, 1.165) is 27.4 Å². The summed E-state index contributed by atoms with van der Waals surface area (Å²) in [4.78, 5) is 15.9. The highest BCUT2D eigenvalue weighted by Crippen LogP contribution is 2.28. The number of carbonyl (C=O) groups excluding carboxylic acids is 1. The number of amides is 1. The molecular formula is C21H17Cl2N3O. The topological polar surface area (TPSA) is 70.9 Å². The van der Waals surface area contributed by atoms with Crippen LogP contribution in [-0.4, -0.2) is 16.9 Å². The van der Waals surface area contributed by atoms with Crippen LogP contribution < -0.4 is 11.1 Å². The fraction of sp³-hybridized carbons (Fsp3) is 0.0952. The van der Waals surface area contributed by atoms with Gasteiger partial charge in [-0.1, -0.05) is 47.5 Å². The van der Waals surface area contributed by atoms with E-state index < -0.39 is 6.04 Å². The molecule has 0 bridgehead atoms. The average molecular weight is 398 g/mol. The van der Waals surface area contributed by atoms with Crippen molar-refractivity contribution in [1.29, 1.82) is 0 Å². The number of hydrogen-bond acceptors (Lipinski definition) is 2. The van der Waals surface area contributed by atoms with Gasteiger partial charge in [0.05, 0.1) is 6.04 Å². The SMILES string of the molecule is N[C@H](Cc1ccc(Cl)cc1Cl)C(=O)Nc1ccc2[nH]c3ccccc3c2c1. The van der Waals surface area contributed by atoms with Gasteiger partial charge >= 0.3 is 0 Å². The van der Waals surface area contributed by atoms with E-state index in [1.807, 2.05) is 42.5 Å². The first-order chi connectivity index (χ1) is 13.0. The molecule has 136 valence electrons. The number of para-hydroxylation sites is 1. The van der Waals surface area contributed by atoms with Crippen molar-refractivity contribution in [3.05, 3.63) is 76.3 Å². The van der Waals surface area contributed by atoms with Gasteiger partial charge in [0.1, 0.15) is 0 Å². The number of nitrogens with two attached hydrogens (primary N) is 1. The van der Waals surface area contributed by atoms with Crippen LogP contribution in [0.15, 0.2) is 60.7 Å². The Kier molecular flexibility index (Phi) is 4.79. The maximum absolute atomic E-state index is 12.5. The first-order valence-corrected chi connectivity index (χ1v) is 9.28. The lowest BCUT2D eigenvalue weighted by molar-refractivity contribution is -0.117.